The first kappa shape index (κ1) is 13.3. The fourth-order valence-electron chi connectivity index (χ4n) is 2.11. The van der Waals surface area contributed by atoms with Crippen molar-refractivity contribution in [3.8, 4) is 0 Å². The quantitative estimate of drug-likeness (QED) is 0.840. The number of hydrogen-bond acceptors (Lipinski definition) is 2. The molecular formula is C15H18N2O2. The van der Waals surface area contributed by atoms with Crippen LogP contribution in [0.1, 0.15) is 25.3 Å². The molecule has 0 unspecified atom stereocenters. The molecular weight excluding hydrogens is 240 g/mol. The molecule has 1 aliphatic rings. The predicted molar refractivity (Wildman–Crippen MR) is 74.7 cm³/mol. The summed E-state index contributed by atoms with van der Waals surface area (Å²) in [5.41, 5.74) is 1.96. The van der Waals surface area contributed by atoms with E-state index in [1.165, 1.54) is 6.08 Å². The van der Waals surface area contributed by atoms with Crippen LogP contribution in [0.4, 0.5) is 5.69 Å². The largest absolute Gasteiger partial charge is 0.348 e. The van der Waals surface area contributed by atoms with Crippen molar-refractivity contribution < 1.29 is 9.59 Å². The minimum absolute atomic E-state index is 0.0960. The summed E-state index contributed by atoms with van der Waals surface area (Å²) in [7, 11) is 0. The fourth-order valence-corrected chi connectivity index (χ4v) is 2.11. The summed E-state index contributed by atoms with van der Waals surface area (Å²) in [6, 6.07) is 7.74. The van der Waals surface area contributed by atoms with Gasteiger partial charge in [0.1, 0.15) is 0 Å². The summed E-state index contributed by atoms with van der Waals surface area (Å²) < 4.78 is 0. The van der Waals surface area contributed by atoms with E-state index in [4.69, 9.17) is 0 Å². The van der Waals surface area contributed by atoms with Gasteiger partial charge in [-0.3, -0.25) is 9.59 Å². The molecule has 4 nitrogen and oxygen atoms in total. The van der Waals surface area contributed by atoms with Crippen LogP contribution >= 0.6 is 0 Å². The van der Waals surface area contributed by atoms with E-state index in [1.807, 2.05) is 29.2 Å². The van der Waals surface area contributed by atoms with Gasteiger partial charge >= 0.3 is 0 Å². The number of carbonyl (C=O) groups is 2. The third-order valence-electron chi connectivity index (χ3n) is 3.11. The van der Waals surface area contributed by atoms with Gasteiger partial charge in [-0.2, -0.15) is 0 Å². The number of nitrogens with zero attached hydrogens (tertiary/aromatic N) is 1. The molecule has 0 bridgehead atoms. The lowest BCUT2D eigenvalue weighted by Crippen LogP contribution is -2.23. The number of rotatable bonds is 4. The van der Waals surface area contributed by atoms with E-state index in [0.29, 0.717) is 13.0 Å². The number of hydrogen-bond donors (Lipinski definition) is 1. The van der Waals surface area contributed by atoms with Gasteiger partial charge in [-0.1, -0.05) is 18.2 Å². The third kappa shape index (κ3) is 3.44. The van der Waals surface area contributed by atoms with E-state index in [9.17, 15) is 9.59 Å². The van der Waals surface area contributed by atoms with Gasteiger partial charge in [0.2, 0.25) is 11.8 Å². The first-order valence-electron chi connectivity index (χ1n) is 6.50. The number of allylic oxidation sites excluding steroid dienone is 1. The molecule has 0 saturated carbocycles. The first-order chi connectivity index (χ1) is 9.20. The number of benzene rings is 1. The highest BCUT2D eigenvalue weighted by molar-refractivity contribution is 5.95. The second-order valence-electron chi connectivity index (χ2n) is 4.53. The maximum atomic E-state index is 11.6. The zero-order chi connectivity index (χ0) is 13.7. The van der Waals surface area contributed by atoms with Crippen molar-refractivity contribution in [3.05, 3.63) is 42.0 Å². The average Bonchev–Trinajstić information content (AvgIpc) is 2.84. The molecule has 19 heavy (non-hydrogen) atoms. The summed E-state index contributed by atoms with van der Waals surface area (Å²) in [5, 5.41) is 2.79. The molecule has 1 heterocycles. The van der Waals surface area contributed by atoms with Crippen molar-refractivity contribution in [2.24, 2.45) is 0 Å². The standard InChI is InChI=1S/C15H18N2O2/c1-2-4-14(18)16-11-12-6-8-13(9-7-12)17-10-3-5-15(17)19/h2,4,6-9H,3,5,10-11H2,1H3,(H,16,18). The van der Waals surface area contributed by atoms with Gasteiger partial charge < -0.3 is 10.2 Å². The molecule has 2 amide bonds. The number of anilines is 1. The molecule has 0 aromatic heterocycles. The maximum Gasteiger partial charge on any atom is 0.243 e. The van der Waals surface area contributed by atoms with Crippen molar-refractivity contribution in [3.63, 3.8) is 0 Å². The molecule has 1 N–H and O–H groups in total. The summed E-state index contributed by atoms with van der Waals surface area (Å²) in [6.07, 6.45) is 4.77. The lowest BCUT2D eigenvalue weighted by molar-refractivity contribution is -0.117. The van der Waals surface area contributed by atoms with Crippen molar-refractivity contribution in [1.29, 1.82) is 0 Å². The lowest BCUT2D eigenvalue weighted by Gasteiger charge is -2.15. The monoisotopic (exact) mass is 258 g/mol. The Labute approximate surface area is 113 Å². The van der Waals surface area contributed by atoms with Gasteiger partial charge in [-0.15, -0.1) is 0 Å². The molecule has 1 fully saturated rings. The molecule has 2 rings (SSSR count). The van der Waals surface area contributed by atoms with Crippen molar-refractivity contribution >= 4 is 17.5 Å². The summed E-state index contributed by atoms with van der Waals surface area (Å²) in [4.78, 5) is 24.7. The summed E-state index contributed by atoms with van der Waals surface area (Å²) >= 11 is 0. The van der Waals surface area contributed by atoms with Gasteiger partial charge in [0.05, 0.1) is 0 Å². The summed E-state index contributed by atoms with van der Waals surface area (Å²) in [6.45, 7) is 3.11. The maximum absolute atomic E-state index is 11.6. The highest BCUT2D eigenvalue weighted by atomic mass is 16.2. The Balaban J connectivity index is 1.95. The van der Waals surface area contributed by atoms with Crippen LogP contribution in [-0.2, 0) is 16.1 Å². The van der Waals surface area contributed by atoms with Crippen LogP contribution in [0.15, 0.2) is 36.4 Å². The van der Waals surface area contributed by atoms with E-state index in [1.54, 1.807) is 13.0 Å². The Hall–Kier alpha value is -2.10. The molecule has 0 radical (unpaired) electrons. The Morgan fingerprint density at radius 1 is 1.37 bits per heavy atom. The highest BCUT2D eigenvalue weighted by Gasteiger charge is 2.21. The van der Waals surface area contributed by atoms with Crippen LogP contribution in [0.25, 0.3) is 0 Å². The van der Waals surface area contributed by atoms with Gasteiger partial charge in [0, 0.05) is 25.2 Å². The fraction of sp³-hybridized carbons (Fsp3) is 0.333. The first-order valence-corrected chi connectivity index (χ1v) is 6.50. The molecule has 1 saturated heterocycles. The van der Waals surface area contributed by atoms with Crippen LogP contribution in [0, 0.1) is 0 Å². The van der Waals surface area contributed by atoms with E-state index < -0.39 is 0 Å². The van der Waals surface area contributed by atoms with E-state index in [-0.39, 0.29) is 11.8 Å². The Bertz CT molecular complexity index is 491. The van der Waals surface area contributed by atoms with Crippen molar-refractivity contribution in [2.45, 2.75) is 26.3 Å². The lowest BCUT2D eigenvalue weighted by atomic mass is 10.2. The van der Waals surface area contributed by atoms with Crippen molar-refractivity contribution in [1.82, 2.24) is 5.32 Å². The van der Waals surface area contributed by atoms with E-state index >= 15 is 0 Å². The number of carbonyl (C=O) groups excluding carboxylic acids is 2. The molecule has 0 aliphatic carbocycles. The predicted octanol–water partition coefficient (Wildman–Crippen LogP) is 2.01. The second kappa shape index (κ2) is 6.18. The van der Waals surface area contributed by atoms with Crippen LogP contribution in [0.3, 0.4) is 0 Å². The Morgan fingerprint density at radius 2 is 2.11 bits per heavy atom. The van der Waals surface area contributed by atoms with Gasteiger partial charge in [-0.05, 0) is 37.1 Å². The zero-order valence-electron chi connectivity index (χ0n) is 11.1. The van der Waals surface area contributed by atoms with Crippen LogP contribution in [0.5, 0.6) is 0 Å². The number of amides is 2. The number of nitrogens with one attached hydrogen (secondary N) is 1. The average molecular weight is 258 g/mol. The Kier molecular flexibility index (Phi) is 4.34. The van der Waals surface area contributed by atoms with Crippen LogP contribution in [0.2, 0.25) is 0 Å². The molecule has 4 heteroatoms. The molecule has 0 atom stereocenters. The smallest absolute Gasteiger partial charge is 0.243 e. The van der Waals surface area contributed by atoms with Crippen molar-refractivity contribution in [2.75, 3.05) is 11.4 Å². The zero-order valence-corrected chi connectivity index (χ0v) is 11.1. The molecule has 1 aliphatic heterocycles. The third-order valence-corrected chi connectivity index (χ3v) is 3.11. The van der Waals surface area contributed by atoms with E-state index in [2.05, 4.69) is 5.32 Å². The van der Waals surface area contributed by atoms with E-state index in [0.717, 1.165) is 24.2 Å². The van der Waals surface area contributed by atoms with Crippen LogP contribution in [-0.4, -0.2) is 18.4 Å². The minimum Gasteiger partial charge on any atom is -0.348 e. The molecule has 0 spiro atoms. The topological polar surface area (TPSA) is 49.4 Å². The molecule has 1 aromatic carbocycles. The van der Waals surface area contributed by atoms with Gasteiger partial charge in [0.15, 0.2) is 0 Å². The Morgan fingerprint density at radius 3 is 2.68 bits per heavy atom. The summed E-state index contributed by atoms with van der Waals surface area (Å²) in [5.74, 6) is 0.0930. The van der Waals surface area contributed by atoms with Gasteiger partial charge in [-0.25, -0.2) is 0 Å². The molecule has 100 valence electrons. The van der Waals surface area contributed by atoms with Gasteiger partial charge in [0.25, 0.3) is 0 Å². The highest BCUT2D eigenvalue weighted by Crippen LogP contribution is 2.21. The van der Waals surface area contributed by atoms with Crippen LogP contribution < -0.4 is 10.2 Å². The molecule has 1 aromatic rings. The minimum atomic E-state index is -0.0960. The SMILES string of the molecule is CC=CC(=O)NCc1ccc(N2CCCC2=O)cc1. The second-order valence-corrected chi connectivity index (χ2v) is 4.53. The normalized spacial score (nSPS) is 15.2.